The highest BCUT2D eigenvalue weighted by molar-refractivity contribution is 6.32. The van der Waals surface area contributed by atoms with Crippen molar-refractivity contribution in [2.24, 2.45) is 5.73 Å². The second kappa shape index (κ2) is 6.05. The number of rotatable bonds is 4. The van der Waals surface area contributed by atoms with Crippen molar-refractivity contribution in [3.05, 3.63) is 22.7 Å². The van der Waals surface area contributed by atoms with Gasteiger partial charge >= 0.3 is 0 Å². The Bertz CT molecular complexity index is 506. The van der Waals surface area contributed by atoms with E-state index in [1.807, 2.05) is 12.1 Å². The number of hydrogen-bond acceptors (Lipinski definition) is 3. The summed E-state index contributed by atoms with van der Waals surface area (Å²) in [4.78, 5) is 0. The third-order valence-electron chi connectivity index (χ3n) is 4.89. The number of halogens is 1. The van der Waals surface area contributed by atoms with Crippen LogP contribution in [-0.4, -0.2) is 13.2 Å². The molecule has 2 N–H and O–H groups in total. The van der Waals surface area contributed by atoms with E-state index < -0.39 is 0 Å². The van der Waals surface area contributed by atoms with Crippen molar-refractivity contribution in [3.8, 4) is 11.5 Å². The zero-order chi connectivity index (χ0) is 14.9. The average Bonchev–Trinajstić information content (AvgIpc) is 3.13. The Kier molecular flexibility index (Phi) is 4.32. The molecule has 0 aliphatic heterocycles. The first-order valence-electron chi connectivity index (χ1n) is 7.96. The van der Waals surface area contributed by atoms with E-state index in [1.54, 1.807) is 7.11 Å². The lowest BCUT2D eigenvalue weighted by atomic mass is 9.89. The van der Waals surface area contributed by atoms with E-state index in [1.165, 1.54) is 25.7 Å². The topological polar surface area (TPSA) is 44.5 Å². The lowest BCUT2D eigenvalue weighted by molar-refractivity contribution is 0.200. The molecular weight excluding hydrogens is 286 g/mol. The molecule has 2 saturated carbocycles. The van der Waals surface area contributed by atoms with E-state index >= 15 is 0 Å². The molecule has 0 bridgehead atoms. The second-order valence-electron chi connectivity index (χ2n) is 6.38. The van der Waals surface area contributed by atoms with Gasteiger partial charge in [-0.3, -0.25) is 0 Å². The first kappa shape index (κ1) is 15.0. The van der Waals surface area contributed by atoms with Crippen molar-refractivity contribution in [3.63, 3.8) is 0 Å². The maximum Gasteiger partial charge on any atom is 0.180 e. The van der Waals surface area contributed by atoms with Gasteiger partial charge in [0.25, 0.3) is 0 Å². The van der Waals surface area contributed by atoms with E-state index in [4.69, 9.17) is 26.8 Å². The highest BCUT2D eigenvalue weighted by Crippen LogP contribution is 2.44. The van der Waals surface area contributed by atoms with Gasteiger partial charge in [-0.2, -0.15) is 0 Å². The largest absolute Gasteiger partial charge is 0.493 e. The van der Waals surface area contributed by atoms with Gasteiger partial charge in [0.2, 0.25) is 0 Å². The van der Waals surface area contributed by atoms with E-state index in [0.717, 1.165) is 31.2 Å². The van der Waals surface area contributed by atoms with E-state index in [-0.39, 0.29) is 11.6 Å². The molecule has 2 aliphatic rings. The van der Waals surface area contributed by atoms with Crippen molar-refractivity contribution < 1.29 is 9.47 Å². The SMILES string of the molecule is COc1cc(C2(N)CCCC2)cc(Cl)c1OC1CCCC1. The van der Waals surface area contributed by atoms with Crippen LogP contribution in [0.1, 0.15) is 56.9 Å². The van der Waals surface area contributed by atoms with Crippen LogP contribution < -0.4 is 15.2 Å². The molecule has 0 aromatic heterocycles. The van der Waals surface area contributed by atoms with Crippen LogP contribution in [0.15, 0.2) is 12.1 Å². The van der Waals surface area contributed by atoms with Crippen LogP contribution in [-0.2, 0) is 5.54 Å². The molecule has 116 valence electrons. The van der Waals surface area contributed by atoms with Gasteiger partial charge in [0, 0.05) is 5.54 Å². The van der Waals surface area contributed by atoms with Crippen molar-refractivity contribution >= 4 is 11.6 Å². The minimum absolute atomic E-state index is 0.261. The van der Waals surface area contributed by atoms with Crippen LogP contribution in [0.2, 0.25) is 5.02 Å². The summed E-state index contributed by atoms with van der Waals surface area (Å²) < 4.78 is 11.6. The van der Waals surface area contributed by atoms with Crippen LogP contribution in [0.4, 0.5) is 0 Å². The van der Waals surface area contributed by atoms with Crippen LogP contribution in [0.25, 0.3) is 0 Å². The third-order valence-corrected chi connectivity index (χ3v) is 5.17. The molecule has 4 heteroatoms. The molecule has 0 radical (unpaired) electrons. The highest BCUT2D eigenvalue weighted by atomic mass is 35.5. The minimum atomic E-state index is -0.261. The van der Waals surface area contributed by atoms with Gasteiger partial charge in [0.1, 0.15) is 0 Å². The number of nitrogens with two attached hydrogens (primary N) is 1. The number of methoxy groups -OCH3 is 1. The predicted molar refractivity (Wildman–Crippen MR) is 85.2 cm³/mol. The number of ether oxygens (including phenoxy) is 2. The molecule has 2 aliphatic carbocycles. The summed E-state index contributed by atoms with van der Waals surface area (Å²) in [5.74, 6) is 1.39. The van der Waals surface area contributed by atoms with Gasteiger partial charge in [-0.05, 0) is 56.2 Å². The number of benzene rings is 1. The zero-order valence-corrected chi connectivity index (χ0v) is 13.4. The standard InChI is InChI=1S/C17H24ClNO2/c1-20-15-11-12(17(19)8-4-5-9-17)10-14(18)16(15)21-13-6-2-3-7-13/h10-11,13H,2-9,19H2,1H3. The molecule has 0 heterocycles. The molecule has 1 aromatic rings. The first-order chi connectivity index (χ1) is 10.1. The Morgan fingerprint density at radius 2 is 1.81 bits per heavy atom. The molecule has 0 saturated heterocycles. The fourth-order valence-electron chi connectivity index (χ4n) is 3.59. The fraction of sp³-hybridized carbons (Fsp3) is 0.647. The summed E-state index contributed by atoms with van der Waals surface area (Å²) in [5.41, 5.74) is 7.34. The fourth-order valence-corrected chi connectivity index (χ4v) is 3.84. The normalized spacial score (nSPS) is 21.7. The Hall–Kier alpha value is -0.930. The Morgan fingerprint density at radius 3 is 2.43 bits per heavy atom. The summed E-state index contributed by atoms with van der Waals surface area (Å²) >= 11 is 6.47. The molecule has 3 rings (SSSR count). The highest BCUT2D eigenvalue weighted by Gasteiger charge is 2.33. The van der Waals surface area contributed by atoms with Gasteiger partial charge in [0.15, 0.2) is 11.5 Å². The lowest BCUT2D eigenvalue weighted by Crippen LogP contribution is -2.33. The van der Waals surface area contributed by atoms with Crippen molar-refractivity contribution in [1.29, 1.82) is 0 Å². The van der Waals surface area contributed by atoms with Crippen LogP contribution in [0, 0.1) is 0 Å². The van der Waals surface area contributed by atoms with Crippen LogP contribution in [0.3, 0.4) is 0 Å². The molecule has 0 unspecified atom stereocenters. The van der Waals surface area contributed by atoms with E-state index in [2.05, 4.69) is 0 Å². The van der Waals surface area contributed by atoms with E-state index in [9.17, 15) is 0 Å². The van der Waals surface area contributed by atoms with Gasteiger partial charge < -0.3 is 15.2 Å². The van der Waals surface area contributed by atoms with Crippen LogP contribution in [0.5, 0.6) is 11.5 Å². The molecular formula is C17H24ClNO2. The van der Waals surface area contributed by atoms with Gasteiger partial charge in [-0.15, -0.1) is 0 Å². The first-order valence-corrected chi connectivity index (χ1v) is 8.34. The molecule has 21 heavy (non-hydrogen) atoms. The molecule has 2 fully saturated rings. The van der Waals surface area contributed by atoms with Gasteiger partial charge in [-0.25, -0.2) is 0 Å². The van der Waals surface area contributed by atoms with Crippen molar-refractivity contribution in [2.45, 2.75) is 63.0 Å². The monoisotopic (exact) mass is 309 g/mol. The van der Waals surface area contributed by atoms with Gasteiger partial charge in [-0.1, -0.05) is 24.4 Å². The Morgan fingerprint density at radius 1 is 1.14 bits per heavy atom. The van der Waals surface area contributed by atoms with E-state index in [0.29, 0.717) is 16.5 Å². The minimum Gasteiger partial charge on any atom is -0.493 e. The Labute approximate surface area is 131 Å². The maximum absolute atomic E-state index is 6.53. The molecule has 0 spiro atoms. The summed E-state index contributed by atoms with van der Waals surface area (Å²) in [6, 6.07) is 3.99. The third kappa shape index (κ3) is 3.00. The molecule has 0 amide bonds. The summed E-state index contributed by atoms with van der Waals surface area (Å²) in [5, 5.41) is 0.618. The molecule has 0 atom stereocenters. The number of hydrogen-bond donors (Lipinski definition) is 1. The average molecular weight is 310 g/mol. The summed E-state index contributed by atoms with van der Waals surface area (Å²) in [7, 11) is 1.66. The zero-order valence-electron chi connectivity index (χ0n) is 12.7. The van der Waals surface area contributed by atoms with Crippen LogP contribution >= 0.6 is 11.6 Å². The lowest BCUT2D eigenvalue weighted by Gasteiger charge is -2.26. The molecule has 3 nitrogen and oxygen atoms in total. The molecule has 1 aromatic carbocycles. The quantitative estimate of drug-likeness (QED) is 0.896. The Balaban J connectivity index is 1.90. The summed E-state index contributed by atoms with van der Waals surface area (Å²) in [6.07, 6.45) is 9.30. The summed E-state index contributed by atoms with van der Waals surface area (Å²) in [6.45, 7) is 0. The smallest absolute Gasteiger partial charge is 0.180 e. The maximum atomic E-state index is 6.53. The second-order valence-corrected chi connectivity index (χ2v) is 6.78. The van der Waals surface area contributed by atoms with Crippen molar-refractivity contribution in [1.82, 2.24) is 0 Å². The predicted octanol–water partition coefficient (Wildman–Crippen LogP) is 4.40. The van der Waals surface area contributed by atoms with Crippen molar-refractivity contribution in [2.75, 3.05) is 7.11 Å². The van der Waals surface area contributed by atoms with Gasteiger partial charge in [0.05, 0.1) is 18.2 Å².